The summed E-state index contributed by atoms with van der Waals surface area (Å²) in [6.45, 7) is 0. The molecule has 3 aromatic heterocycles. The monoisotopic (exact) mass is 439 g/mol. The molecule has 0 N–H and O–H groups in total. The zero-order valence-corrected chi connectivity index (χ0v) is 18.4. The van der Waals surface area contributed by atoms with Crippen molar-refractivity contribution in [2.24, 2.45) is 0 Å². The highest BCUT2D eigenvalue weighted by Gasteiger charge is 2.17. The molecule has 0 atom stereocenters. The summed E-state index contributed by atoms with van der Waals surface area (Å²) in [5.41, 5.74) is 5.54. The van der Waals surface area contributed by atoms with Gasteiger partial charge in [0, 0.05) is 47.4 Å². The molecule has 0 unspecified atom stereocenters. The maximum absolute atomic E-state index is 6.20. The normalized spacial score (nSPS) is 12.2. The first-order valence-corrected chi connectivity index (χ1v) is 11.9. The van der Waals surface area contributed by atoms with Crippen LogP contribution in [0.5, 0.6) is 0 Å². The molecule has 2 nitrogen and oxygen atoms in total. The van der Waals surface area contributed by atoms with E-state index in [1.54, 1.807) is 0 Å². The van der Waals surface area contributed by atoms with Gasteiger partial charge >= 0.3 is 0 Å². The van der Waals surface area contributed by atoms with Crippen LogP contribution in [0.2, 0.25) is 0 Å². The quantitative estimate of drug-likeness (QED) is 0.249. The SMILES string of the molecule is c1ccc2c(c1)oc1ccc3sc4ccc(-n5c6ccccc6c6ccccc65)cc4c3c12. The van der Waals surface area contributed by atoms with Crippen LogP contribution in [0.1, 0.15) is 0 Å². The molecule has 0 saturated carbocycles. The topological polar surface area (TPSA) is 18.1 Å². The predicted molar refractivity (Wildman–Crippen MR) is 141 cm³/mol. The van der Waals surface area contributed by atoms with Crippen molar-refractivity contribution in [1.29, 1.82) is 0 Å². The van der Waals surface area contributed by atoms with Crippen molar-refractivity contribution in [3.8, 4) is 5.69 Å². The number of hydrogen-bond acceptors (Lipinski definition) is 2. The summed E-state index contributed by atoms with van der Waals surface area (Å²) in [6.07, 6.45) is 0. The molecule has 3 heterocycles. The van der Waals surface area contributed by atoms with Crippen LogP contribution >= 0.6 is 11.3 Å². The minimum Gasteiger partial charge on any atom is -0.456 e. The van der Waals surface area contributed by atoms with Gasteiger partial charge in [-0.25, -0.2) is 0 Å². The zero-order chi connectivity index (χ0) is 21.5. The van der Waals surface area contributed by atoms with Gasteiger partial charge in [0.1, 0.15) is 11.2 Å². The smallest absolute Gasteiger partial charge is 0.136 e. The Morgan fingerprint density at radius 3 is 1.97 bits per heavy atom. The lowest BCUT2D eigenvalue weighted by Gasteiger charge is -2.08. The van der Waals surface area contributed by atoms with E-state index in [1.807, 2.05) is 17.4 Å². The Hall–Kier alpha value is -4.08. The first kappa shape index (κ1) is 17.5. The summed E-state index contributed by atoms with van der Waals surface area (Å²) in [5, 5.41) is 7.54. The molecule has 0 aliphatic heterocycles. The van der Waals surface area contributed by atoms with E-state index in [9.17, 15) is 0 Å². The number of nitrogens with zero attached hydrogens (tertiary/aromatic N) is 1. The molecule has 8 aromatic rings. The van der Waals surface area contributed by atoms with Crippen LogP contribution in [0.4, 0.5) is 0 Å². The van der Waals surface area contributed by atoms with Gasteiger partial charge < -0.3 is 8.98 Å². The Morgan fingerprint density at radius 1 is 0.515 bits per heavy atom. The number of aromatic nitrogens is 1. The second-order valence-electron chi connectivity index (χ2n) is 8.56. The second-order valence-corrected chi connectivity index (χ2v) is 9.65. The van der Waals surface area contributed by atoms with E-state index in [0.29, 0.717) is 0 Å². The number of thiophene rings is 1. The lowest BCUT2D eigenvalue weighted by Crippen LogP contribution is -1.93. The third-order valence-corrected chi connectivity index (χ3v) is 7.93. The lowest BCUT2D eigenvalue weighted by molar-refractivity contribution is 0.669. The number of hydrogen-bond donors (Lipinski definition) is 0. The summed E-state index contributed by atoms with van der Waals surface area (Å²) in [7, 11) is 0. The molecule has 8 rings (SSSR count). The summed E-state index contributed by atoms with van der Waals surface area (Å²) in [4.78, 5) is 0. The van der Waals surface area contributed by atoms with Crippen LogP contribution in [-0.2, 0) is 0 Å². The summed E-state index contributed by atoms with van der Waals surface area (Å²) in [6, 6.07) is 36.9. The van der Waals surface area contributed by atoms with Gasteiger partial charge in [-0.1, -0.05) is 54.6 Å². The van der Waals surface area contributed by atoms with E-state index in [4.69, 9.17) is 4.42 Å². The number of benzene rings is 5. The fourth-order valence-corrected chi connectivity index (χ4v) is 6.50. The van der Waals surface area contributed by atoms with Gasteiger partial charge in [-0.05, 0) is 48.5 Å². The molecular weight excluding hydrogens is 422 g/mol. The molecule has 0 bridgehead atoms. The summed E-state index contributed by atoms with van der Waals surface area (Å²) >= 11 is 1.85. The number of para-hydroxylation sites is 3. The van der Waals surface area contributed by atoms with E-state index in [2.05, 4.69) is 102 Å². The van der Waals surface area contributed by atoms with E-state index >= 15 is 0 Å². The molecule has 0 aliphatic rings. The van der Waals surface area contributed by atoms with Crippen molar-refractivity contribution >= 4 is 75.3 Å². The van der Waals surface area contributed by atoms with Crippen LogP contribution < -0.4 is 0 Å². The highest BCUT2D eigenvalue weighted by Crippen LogP contribution is 2.43. The Balaban J connectivity index is 1.53. The van der Waals surface area contributed by atoms with Gasteiger partial charge in [-0.2, -0.15) is 0 Å². The second kappa shape index (κ2) is 6.25. The summed E-state index contributed by atoms with van der Waals surface area (Å²) in [5.74, 6) is 0. The zero-order valence-electron chi connectivity index (χ0n) is 17.6. The predicted octanol–water partition coefficient (Wildman–Crippen LogP) is 9.05. The Labute approximate surface area is 192 Å². The highest BCUT2D eigenvalue weighted by molar-refractivity contribution is 7.26. The molecule has 0 fully saturated rings. The minimum atomic E-state index is 0.943. The van der Waals surface area contributed by atoms with Gasteiger partial charge in [0.25, 0.3) is 0 Å². The van der Waals surface area contributed by atoms with Crippen LogP contribution in [0.15, 0.2) is 108 Å². The molecular formula is C30H17NOS. The molecule has 0 radical (unpaired) electrons. The van der Waals surface area contributed by atoms with Crippen LogP contribution in [0.3, 0.4) is 0 Å². The lowest BCUT2D eigenvalue weighted by atomic mass is 10.0. The highest BCUT2D eigenvalue weighted by atomic mass is 32.1. The van der Waals surface area contributed by atoms with Crippen molar-refractivity contribution in [3.05, 3.63) is 103 Å². The van der Waals surface area contributed by atoms with Gasteiger partial charge in [0.2, 0.25) is 0 Å². The molecule has 0 saturated heterocycles. The van der Waals surface area contributed by atoms with Crippen LogP contribution in [-0.4, -0.2) is 4.57 Å². The molecule has 0 amide bonds. The average molecular weight is 440 g/mol. The maximum atomic E-state index is 6.20. The van der Waals surface area contributed by atoms with E-state index in [1.165, 1.54) is 58.4 Å². The standard InChI is InChI=1S/C30H17NOS/c1-4-10-23-19(7-1)20-8-2-5-11-24(20)31(23)18-13-15-27-22(17-18)30-28(33-27)16-14-26-29(30)21-9-3-6-12-25(21)32-26/h1-17H. The maximum Gasteiger partial charge on any atom is 0.136 e. The van der Waals surface area contributed by atoms with Crippen molar-refractivity contribution in [2.45, 2.75) is 0 Å². The van der Waals surface area contributed by atoms with E-state index in [0.717, 1.165) is 11.2 Å². The van der Waals surface area contributed by atoms with Crippen molar-refractivity contribution < 1.29 is 4.42 Å². The molecule has 154 valence electrons. The van der Waals surface area contributed by atoms with Crippen LogP contribution in [0.25, 0.3) is 69.6 Å². The molecule has 33 heavy (non-hydrogen) atoms. The largest absolute Gasteiger partial charge is 0.456 e. The van der Waals surface area contributed by atoms with Gasteiger partial charge in [0.05, 0.1) is 11.0 Å². The van der Waals surface area contributed by atoms with Crippen molar-refractivity contribution in [1.82, 2.24) is 4.57 Å². The molecule has 0 spiro atoms. The Kier molecular flexibility index (Phi) is 3.31. The number of fused-ring (bicyclic) bond motifs is 10. The first-order chi connectivity index (χ1) is 16.4. The fraction of sp³-hybridized carbons (Fsp3) is 0. The van der Waals surface area contributed by atoms with Crippen molar-refractivity contribution in [3.63, 3.8) is 0 Å². The summed E-state index contributed by atoms with van der Waals surface area (Å²) < 4.78 is 11.2. The van der Waals surface area contributed by atoms with Gasteiger partial charge in [-0.15, -0.1) is 11.3 Å². The van der Waals surface area contributed by atoms with Crippen molar-refractivity contribution in [2.75, 3.05) is 0 Å². The first-order valence-electron chi connectivity index (χ1n) is 11.1. The fourth-order valence-electron chi connectivity index (χ4n) is 5.41. The van der Waals surface area contributed by atoms with Crippen LogP contribution in [0, 0.1) is 0 Å². The van der Waals surface area contributed by atoms with Gasteiger partial charge in [0.15, 0.2) is 0 Å². The molecule has 0 aliphatic carbocycles. The minimum absolute atomic E-state index is 0.943. The molecule has 3 heteroatoms. The third kappa shape index (κ3) is 2.27. The Bertz CT molecular complexity index is 1980. The van der Waals surface area contributed by atoms with E-state index in [-0.39, 0.29) is 0 Å². The van der Waals surface area contributed by atoms with E-state index < -0.39 is 0 Å². The van der Waals surface area contributed by atoms with Gasteiger partial charge in [-0.3, -0.25) is 0 Å². The number of rotatable bonds is 1. The average Bonchev–Trinajstić information content (AvgIpc) is 3.52. The molecule has 5 aromatic carbocycles. The Morgan fingerprint density at radius 2 is 1.18 bits per heavy atom. The third-order valence-electron chi connectivity index (χ3n) is 6.80. The number of furan rings is 1.